The van der Waals surface area contributed by atoms with Gasteiger partial charge in [0.15, 0.2) is 0 Å². The minimum absolute atomic E-state index is 0.0919. The van der Waals surface area contributed by atoms with Crippen molar-refractivity contribution in [1.29, 1.82) is 0 Å². The first-order valence-corrected chi connectivity index (χ1v) is 10.7. The minimum Gasteiger partial charge on any atom is -0.337 e. The van der Waals surface area contributed by atoms with Crippen molar-refractivity contribution >= 4 is 21.6 Å². The second-order valence-corrected chi connectivity index (χ2v) is 8.80. The number of aryl methyl sites for hydroxylation is 1. The van der Waals surface area contributed by atoms with Crippen molar-refractivity contribution in [2.24, 2.45) is 0 Å². The zero-order valence-electron chi connectivity index (χ0n) is 16.7. The highest BCUT2D eigenvalue weighted by Crippen LogP contribution is 2.23. The van der Waals surface area contributed by atoms with Crippen molar-refractivity contribution < 1.29 is 17.7 Å². The van der Waals surface area contributed by atoms with E-state index in [0.29, 0.717) is 11.5 Å². The Morgan fingerprint density at radius 3 is 2.38 bits per heavy atom. The maximum atomic E-state index is 12.9. The fraction of sp³-hybridized carbons (Fsp3) is 0.250. The van der Waals surface area contributed by atoms with E-state index in [1.807, 2.05) is 31.2 Å². The summed E-state index contributed by atoms with van der Waals surface area (Å²) in [6, 6.07) is 14.2. The van der Waals surface area contributed by atoms with Crippen LogP contribution in [0.4, 0.5) is 5.69 Å². The van der Waals surface area contributed by atoms with Crippen LogP contribution in [0.2, 0.25) is 0 Å². The SMILES string of the molecule is Cc1ccc(-c2noc(CN(C)C(=O)c3ccccc3N(C)S(C)(=O)=O)n2)cc1. The molecule has 0 saturated carbocycles. The standard InChI is InChI=1S/C20H22N4O4S/c1-14-9-11-15(12-10-14)19-21-18(28-22-19)13-23(2)20(25)16-7-5-6-8-17(16)24(3)29(4,26)27/h5-12H,13H2,1-4H3. The normalized spacial score (nSPS) is 11.3. The quantitative estimate of drug-likeness (QED) is 0.615. The summed E-state index contributed by atoms with van der Waals surface area (Å²) >= 11 is 0. The van der Waals surface area contributed by atoms with Gasteiger partial charge < -0.3 is 9.42 Å². The Morgan fingerprint density at radius 1 is 1.07 bits per heavy atom. The molecular formula is C20H22N4O4S. The molecule has 1 aromatic heterocycles. The van der Waals surface area contributed by atoms with Crippen LogP contribution in [0.25, 0.3) is 11.4 Å². The number of sulfonamides is 1. The number of hydrogen-bond acceptors (Lipinski definition) is 6. The van der Waals surface area contributed by atoms with Gasteiger partial charge in [-0.1, -0.05) is 47.1 Å². The van der Waals surface area contributed by atoms with Crippen LogP contribution in [-0.2, 0) is 16.6 Å². The Hall–Kier alpha value is -3.20. The Labute approximate surface area is 169 Å². The number of carbonyl (C=O) groups excluding carboxylic acids is 1. The van der Waals surface area contributed by atoms with Crippen LogP contribution < -0.4 is 4.31 Å². The average Bonchev–Trinajstić information content (AvgIpc) is 3.15. The molecule has 3 rings (SSSR count). The van der Waals surface area contributed by atoms with E-state index in [1.165, 1.54) is 11.9 Å². The predicted molar refractivity (Wildman–Crippen MR) is 110 cm³/mol. The number of amides is 1. The van der Waals surface area contributed by atoms with Crippen molar-refractivity contribution in [2.45, 2.75) is 13.5 Å². The summed E-state index contributed by atoms with van der Waals surface area (Å²) < 4.78 is 30.1. The molecule has 152 valence electrons. The van der Waals surface area contributed by atoms with Gasteiger partial charge in [-0.15, -0.1) is 0 Å². The summed E-state index contributed by atoms with van der Waals surface area (Å²) in [5.41, 5.74) is 2.51. The lowest BCUT2D eigenvalue weighted by molar-refractivity contribution is 0.0770. The van der Waals surface area contributed by atoms with Crippen LogP contribution in [0.1, 0.15) is 21.8 Å². The van der Waals surface area contributed by atoms with Gasteiger partial charge in [0, 0.05) is 19.7 Å². The first-order valence-electron chi connectivity index (χ1n) is 8.85. The van der Waals surface area contributed by atoms with Crippen LogP contribution in [0.3, 0.4) is 0 Å². The maximum Gasteiger partial charge on any atom is 0.256 e. The van der Waals surface area contributed by atoms with E-state index in [2.05, 4.69) is 10.1 Å². The highest BCUT2D eigenvalue weighted by atomic mass is 32.2. The zero-order chi connectivity index (χ0) is 21.2. The fourth-order valence-corrected chi connectivity index (χ4v) is 3.24. The molecule has 0 N–H and O–H groups in total. The molecule has 0 bridgehead atoms. The molecular weight excluding hydrogens is 392 g/mol. The third-order valence-electron chi connectivity index (χ3n) is 4.47. The highest BCUT2D eigenvalue weighted by Gasteiger charge is 2.23. The number of aromatic nitrogens is 2. The fourth-order valence-electron chi connectivity index (χ4n) is 2.73. The lowest BCUT2D eigenvalue weighted by Crippen LogP contribution is -2.31. The summed E-state index contributed by atoms with van der Waals surface area (Å²) in [5, 5.41) is 3.97. The van der Waals surface area contributed by atoms with E-state index in [4.69, 9.17) is 4.52 Å². The number of nitrogens with zero attached hydrogens (tertiary/aromatic N) is 4. The van der Waals surface area contributed by atoms with Crippen LogP contribution in [-0.4, -0.2) is 49.7 Å². The molecule has 0 unspecified atom stereocenters. The summed E-state index contributed by atoms with van der Waals surface area (Å²) in [6.45, 7) is 2.08. The van der Waals surface area contributed by atoms with E-state index < -0.39 is 10.0 Å². The Kier molecular flexibility index (Phi) is 5.69. The molecule has 9 heteroatoms. The number of benzene rings is 2. The summed E-state index contributed by atoms with van der Waals surface area (Å²) in [4.78, 5) is 18.7. The molecule has 0 fully saturated rings. The molecule has 29 heavy (non-hydrogen) atoms. The second kappa shape index (κ2) is 8.04. The summed E-state index contributed by atoms with van der Waals surface area (Å²) in [6.07, 6.45) is 1.09. The lowest BCUT2D eigenvalue weighted by Gasteiger charge is -2.22. The van der Waals surface area contributed by atoms with Crippen molar-refractivity contribution in [3.63, 3.8) is 0 Å². The van der Waals surface area contributed by atoms with E-state index >= 15 is 0 Å². The Balaban J connectivity index is 1.80. The van der Waals surface area contributed by atoms with E-state index in [9.17, 15) is 13.2 Å². The van der Waals surface area contributed by atoms with E-state index in [1.54, 1.807) is 31.3 Å². The van der Waals surface area contributed by atoms with Crippen molar-refractivity contribution in [3.8, 4) is 11.4 Å². The molecule has 0 spiro atoms. The topological polar surface area (TPSA) is 96.6 Å². The molecule has 0 aliphatic rings. The van der Waals surface area contributed by atoms with Crippen molar-refractivity contribution in [3.05, 3.63) is 65.5 Å². The van der Waals surface area contributed by atoms with Gasteiger partial charge in [0.2, 0.25) is 21.7 Å². The van der Waals surface area contributed by atoms with Crippen LogP contribution in [0, 0.1) is 6.92 Å². The van der Waals surface area contributed by atoms with Crippen molar-refractivity contribution in [2.75, 3.05) is 24.7 Å². The molecule has 3 aromatic rings. The molecule has 1 amide bonds. The molecule has 0 aliphatic heterocycles. The largest absolute Gasteiger partial charge is 0.337 e. The van der Waals surface area contributed by atoms with Gasteiger partial charge in [0.1, 0.15) is 0 Å². The van der Waals surface area contributed by atoms with Gasteiger partial charge in [-0.05, 0) is 19.1 Å². The molecule has 8 nitrogen and oxygen atoms in total. The Bertz CT molecular complexity index is 1120. The van der Waals surface area contributed by atoms with Gasteiger partial charge in [-0.3, -0.25) is 9.10 Å². The van der Waals surface area contributed by atoms with Gasteiger partial charge in [0.05, 0.1) is 24.1 Å². The maximum absolute atomic E-state index is 12.9. The number of rotatable bonds is 6. The molecule has 2 aromatic carbocycles. The first kappa shape index (κ1) is 20.5. The third-order valence-corrected chi connectivity index (χ3v) is 5.66. The Morgan fingerprint density at radius 2 is 1.72 bits per heavy atom. The molecule has 1 heterocycles. The van der Waals surface area contributed by atoms with Gasteiger partial charge in [0.25, 0.3) is 5.91 Å². The van der Waals surface area contributed by atoms with Gasteiger partial charge in [-0.2, -0.15) is 4.98 Å². The zero-order valence-corrected chi connectivity index (χ0v) is 17.5. The van der Waals surface area contributed by atoms with Crippen LogP contribution in [0.5, 0.6) is 0 Å². The van der Waals surface area contributed by atoms with Crippen LogP contribution in [0.15, 0.2) is 53.1 Å². The predicted octanol–water partition coefficient (Wildman–Crippen LogP) is 2.71. The summed E-state index contributed by atoms with van der Waals surface area (Å²) in [5.74, 6) is 0.370. The number of hydrogen-bond donors (Lipinski definition) is 0. The first-order chi connectivity index (χ1) is 13.7. The lowest BCUT2D eigenvalue weighted by atomic mass is 10.1. The molecule has 0 atom stereocenters. The monoisotopic (exact) mass is 414 g/mol. The van der Waals surface area contributed by atoms with Gasteiger partial charge in [-0.25, -0.2) is 8.42 Å². The molecule has 0 radical (unpaired) electrons. The second-order valence-electron chi connectivity index (χ2n) is 6.79. The van der Waals surface area contributed by atoms with E-state index in [0.717, 1.165) is 21.7 Å². The number of carbonyl (C=O) groups is 1. The molecule has 0 aliphatic carbocycles. The van der Waals surface area contributed by atoms with Gasteiger partial charge >= 0.3 is 0 Å². The van der Waals surface area contributed by atoms with Crippen LogP contribution >= 0.6 is 0 Å². The molecule has 0 saturated heterocycles. The average molecular weight is 414 g/mol. The van der Waals surface area contributed by atoms with E-state index in [-0.39, 0.29) is 23.9 Å². The number of anilines is 1. The minimum atomic E-state index is -3.51. The smallest absolute Gasteiger partial charge is 0.256 e. The summed E-state index contributed by atoms with van der Waals surface area (Å²) in [7, 11) is -0.503. The van der Waals surface area contributed by atoms with Crippen molar-refractivity contribution in [1.82, 2.24) is 15.0 Å². The highest BCUT2D eigenvalue weighted by molar-refractivity contribution is 7.92. The number of para-hydroxylation sites is 1. The third kappa shape index (κ3) is 4.62.